The first kappa shape index (κ1) is 15.3. The van der Waals surface area contributed by atoms with Crippen LogP contribution in [0.5, 0.6) is 0 Å². The SMILES string of the molecule is CC(C)CCN1CCN(CCSC(C)C)CC1. The van der Waals surface area contributed by atoms with E-state index < -0.39 is 0 Å². The lowest BCUT2D eigenvalue weighted by Gasteiger charge is -2.35. The van der Waals surface area contributed by atoms with Gasteiger partial charge in [0.25, 0.3) is 0 Å². The molecule has 1 aliphatic rings. The molecule has 0 spiro atoms. The summed E-state index contributed by atoms with van der Waals surface area (Å²) in [4.78, 5) is 5.26. The first-order valence-corrected chi connectivity index (χ1v) is 8.19. The van der Waals surface area contributed by atoms with Crippen molar-refractivity contribution in [1.82, 2.24) is 9.80 Å². The van der Waals surface area contributed by atoms with E-state index in [0.29, 0.717) is 0 Å². The molecule has 1 rings (SSSR count). The lowest BCUT2D eigenvalue weighted by atomic mass is 10.1. The smallest absolute Gasteiger partial charge is 0.0110 e. The molecule has 0 aromatic carbocycles. The second-order valence-corrected chi connectivity index (χ2v) is 7.47. The summed E-state index contributed by atoms with van der Waals surface area (Å²) in [5, 5.41) is 0.780. The van der Waals surface area contributed by atoms with Gasteiger partial charge in [0.2, 0.25) is 0 Å². The third kappa shape index (κ3) is 7.32. The second-order valence-electron chi connectivity index (χ2n) is 5.79. The maximum Gasteiger partial charge on any atom is 0.0110 e. The summed E-state index contributed by atoms with van der Waals surface area (Å²) in [6.45, 7) is 16.9. The molecule has 0 aromatic rings. The molecule has 2 nitrogen and oxygen atoms in total. The summed E-state index contributed by atoms with van der Waals surface area (Å²) in [7, 11) is 0. The van der Waals surface area contributed by atoms with E-state index in [1.807, 2.05) is 0 Å². The Morgan fingerprint density at radius 2 is 1.41 bits per heavy atom. The summed E-state index contributed by atoms with van der Waals surface area (Å²) in [6, 6.07) is 0. The highest BCUT2D eigenvalue weighted by molar-refractivity contribution is 7.99. The van der Waals surface area contributed by atoms with Gasteiger partial charge in [-0.2, -0.15) is 11.8 Å². The summed E-state index contributed by atoms with van der Waals surface area (Å²) < 4.78 is 0. The Hall–Kier alpha value is 0.270. The van der Waals surface area contributed by atoms with Gasteiger partial charge in [0.15, 0.2) is 0 Å². The molecular weight excluding hydrogens is 228 g/mol. The van der Waals surface area contributed by atoms with Gasteiger partial charge in [-0.05, 0) is 24.1 Å². The molecule has 0 aromatic heterocycles. The molecule has 0 radical (unpaired) electrons. The van der Waals surface area contributed by atoms with Crippen molar-refractivity contribution in [2.24, 2.45) is 5.92 Å². The Labute approximate surface area is 112 Å². The summed E-state index contributed by atoms with van der Waals surface area (Å²) in [5.41, 5.74) is 0. The van der Waals surface area contributed by atoms with Gasteiger partial charge in [-0.15, -0.1) is 0 Å². The zero-order chi connectivity index (χ0) is 12.7. The van der Waals surface area contributed by atoms with Crippen LogP contribution < -0.4 is 0 Å². The van der Waals surface area contributed by atoms with Crippen LogP contribution in [0.1, 0.15) is 34.1 Å². The number of nitrogens with zero attached hydrogens (tertiary/aromatic N) is 2. The quantitative estimate of drug-likeness (QED) is 0.693. The van der Waals surface area contributed by atoms with E-state index in [-0.39, 0.29) is 0 Å². The molecular formula is C14H30N2S. The lowest BCUT2D eigenvalue weighted by Crippen LogP contribution is -2.47. The van der Waals surface area contributed by atoms with Gasteiger partial charge in [0.05, 0.1) is 0 Å². The highest BCUT2D eigenvalue weighted by Crippen LogP contribution is 2.11. The highest BCUT2D eigenvalue weighted by atomic mass is 32.2. The normalized spacial score (nSPS) is 19.4. The number of thioether (sulfide) groups is 1. The van der Waals surface area contributed by atoms with Crippen molar-refractivity contribution in [2.45, 2.75) is 39.4 Å². The van der Waals surface area contributed by atoms with Crippen LogP contribution in [0.25, 0.3) is 0 Å². The molecule has 1 heterocycles. The predicted molar refractivity (Wildman–Crippen MR) is 79.9 cm³/mol. The van der Waals surface area contributed by atoms with Crippen molar-refractivity contribution in [3.63, 3.8) is 0 Å². The predicted octanol–water partition coefficient (Wildman–Crippen LogP) is 2.79. The molecule has 0 atom stereocenters. The molecule has 1 aliphatic heterocycles. The molecule has 0 amide bonds. The second kappa shape index (κ2) is 8.39. The van der Waals surface area contributed by atoms with E-state index in [4.69, 9.17) is 0 Å². The van der Waals surface area contributed by atoms with Crippen LogP contribution in [0.3, 0.4) is 0 Å². The summed E-state index contributed by atoms with van der Waals surface area (Å²) in [5.74, 6) is 2.14. The fraction of sp³-hybridized carbons (Fsp3) is 1.00. The first-order valence-electron chi connectivity index (χ1n) is 7.14. The fourth-order valence-corrected chi connectivity index (χ4v) is 2.93. The molecule has 0 saturated carbocycles. The van der Waals surface area contributed by atoms with E-state index >= 15 is 0 Å². The minimum Gasteiger partial charge on any atom is -0.301 e. The molecule has 3 heteroatoms. The number of piperazine rings is 1. The van der Waals surface area contributed by atoms with Gasteiger partial charge in [-0.25, -0.2) is 0 Å². The third-order valence-electron chi connectivity index (χ3n) is 3.35. The lowest BCUT2D eigenvalue weighted by molar-refractivity contribution is 0.133. The number of rotatable bonds is 7. The Kier molecular flexibility index (Phi) is 7.56. The monoisotopic (exact) mass is 258 g/mol. The highest BCUT2D eigenvalue weighted by Gasteiger charge is 2.16. The number of hydrogen-bond donors (Lipinski definition) is 0. The molecule has 1 saturated heterocycles. The van der Waals surface area contributed by atoms with Crippen molar-refractivity contribution in [2.75, 3.05) is 45.0 Å². The van der Waals surface area contributed by atoms with Crippen molar-refractivity contribution < 1.29 is 0 Å². The number of hydrogen-bond acceptors (Lipinski definition) is 3. The average molecular weight is 258 g/mol. The van der Waals surface area contributed by atoms with Gasteiger partial charge in [-0.3, -0.25) is 4.90 Å². The third-order valence-corrected chi connectivity index (χ3v) is 4.43. The van der Waals surface area contributed by atoms with Crippen molar-refractivity contribution in [3.05, 3.63) is 0 Å². The molecule has 0 aliphatic carbocycles. The summed E-state index contributed by atoms with van der Waals surface area (Å²) >= 11 is 2.08. The van der Waals surface area contributed by atoms with Gasteiger partial charge < -0.3 is 4.90 Å². The van der Waals surface area contributed by atoms with Crippen molar-refractivity contribution in [3.8, 4) is 0 Å². The molecule has 17 heavy (non-hydrogen) atoms. The van der Waals surface area contributed by atoms with E-state index in [2.05, 4.69) is 49.3 Å². The topological polar surface area (TPSA) is 6.48 Å². The van der Waals surface area contributed by atoms with Crippen LogP contribution in [0.15, 0.2) is 0 Å². The Balaban J connectivity index is 2.05. The first-order chi connectivity index (χ1) is 8.08. The van der Waals surface area contributed by atoms with Crippen LogP contribution in [0.2, 0.25) is 0 Å². The zero-order valence-corrected chi connectivity index (χ0v) is 12.9. The molecule has 102 valence electrons. The Morgan fingerprint density at radius 3 is 1.88 bits per heavy atom. The molecule has 0 bridgehead atoms. The average Bonchev–Trinajstić information content (AvgIpc) is 2.27. The van der Waals surface area contributed by atoms with Crippen molar-refractivity contribution >= 4 is 11.8 Å². The Morgan fingerprint density at radius 1 is 0.882 bits per heavy atom. The standard InChI is InChI=1S/C14H30N2S/c1-13(2)5-6-15-7-9-16(10-8-15)11-12-17-14(3)4/h13-14H,5-12H2,1-4H3. The van der Waals surface area contributed by atoms with Gasteiger partial charge >= 0.3 is 0 Å². The fourth-order valence-electron chi connectivity index (χ4n) is 2.09. The van der Waals surface area contributed by atoms with Crippen LogP contribution in [0.4, 0.5) is 0 Å². The van der Waals surface area contributed by atoms with Crippen LogP contribution in [-0.2, 0) is 0 Å². The van der Waals surface area contributed by atoms with Crippen LogP contribution in [0, 0.1) is 5.92 Å². The summed E-state index contributed by atoms with van der Waals surface area (Å²) in [6.07, 6.45) is 1.35. The molecule has 0 unspecified atom stereocenters. The maximum absolute atomic E-state index is 2.63. The van der Waals surface area contributed by atoms with E-state index in [0.717, 1.165) is 11.2 Å². The van der Waals surface area contributed by atoms with E-state index in [9.17, 15) is 0 Å². The van der Waals surface area contributed by atoms with Gasteiger partial charge in [0, 0.05) is 38.5 Å². The maximum atomic E-state index is 2.63. The zero-order valence-electron chi connectivity index (χ0n) is 12.1. The largest absolute Gasteiger partial charge is 0.301 e. The molecule has 0 N–H and O–H groups in total. The van der Waals surface area contributed by atoms with Crippen LogP contribution in [-0.4, -0.2) is 60.1 Å². The minimum atomic E-state index is 0.780. The van der Waals surface area contributed by atoms with Crippen molar-refractivity contribution in [1.29, 1.82) is 0 Å². The van der Waals surface area contributed by atoms with Gasteiger partial charge in [0.1, 0.15) is 0 Å². The van der Waals surface area contributed by atoms with Crippen LogP contribution >= 0.6 is 11.8 Å². The minimum absolute atomic E-state index is 0.780. The molecule has 1 fully saturated rings. The van der Waals surface area contributed by atoms with Gasteiger partial charge in [-0.1, -0.05) is 27.7 Å². The van der Waals surface area contributed by atoms with E-state index in [1.54, 1.807) is 0 Å². The van der Waals surface area contributed by atoms with E-state index in [1.165, 1.54) is 51.4 Å². The Bertz CT molecular complexity index is 187.